The number of anilines is 1. The van der Waals surface area contributed by atoms with E-state index in [0.717, 1.165) is 54.8 Å². The number of aryl methyl sites for hydroxylation is 1. The molecular weight excluding hydrogens is 535 g/mol. The van der Waals surface area contributed by atoms with Gasteiger partial charge in [0.15, 0.2) is 0 Å². The van der Waals surface area contributed by atoms with Gasteiger partial charge in [0, 0.05) is 68.4 Å². The molecule has 4 heterocycles. The van der Waals surface area contributed by atoms with Crippen LogP contribution in [0.4, 0.5) is 10.1 Å². The number of hydrogen-bond donors (Lipinski definition) is 1. The quantitative estimate of drug-likeness (QED) is 0.338. The maximum Gasteiger partial charge on any atom is 0.227 e. The molecule has 0 spiro atoms. The van der Waals surface area contributed by atoms with Crippen LogP contribution in [0.2, 0.25) is 0 Å². The number of aliphatic hydroxyl groups excluding tert-OH is 1. The Balaban J connectivity index is 1.26. The Hall–Kier alpha value is -4.02. The minimum Gasteiger partial charge on any atom is -0.497 e. The van der Waals surface area contributed by atoms with Crippen LogP contribution in [-0.2, 0) is 31.2 Å². The Kier molecular flexibility index (Phi) is 7.83. The van der Waals surface area contributed by atoms with Crippen molar-refractivity contribution in [2.24, 2.45) is 13.0 Å². The summed E-state index contributed by atoms with van der Waals surface area (Å²) in [6.45, 7) is 2.09. The van der Waals surface area contributed by atoms with Crippen LogP contribution in [0.5, 0.6) is 5.75 Å². The van der Waals surface area contributed by atoms with E-state index in [4.69, 9.17) is 9.84 Å². The lowest BCUT2D eigenvalue weighted by Gasteiger charge is -2.34. The van der Waals surface area contributed by atoms with Crippen LogP contribution < -0.4 is 9.64 Å². The summed E-state index contributed by atoms with van der Waals surface area (Å²) >= 11 is 0. The van der Waals surface area contributed by atoms with Crippen molar-refractivity contribution in [3.05, 3.63) is 83.1 Å². The molecule has 2 aliphatic heterocycles. The first-order valence-electron chi connectivity index (χ1n) is 14.5. The highest BCUT2D eigenvalue weighted by Crippen LogP contribution is 2.37. The largest absolute Gasteiger partial charge is 0.497 e. The fraction of sp³-hybridized carbons (Fsp3) is 0.406. The number of amides is 1. The molecule has 220 valence electrons. The number of hydrogen-bond acceptors (Lipinski definition) is 6. The minimum absolute atomic E-state index is 0.000837. The summed E-state index contributed by atoms with van der Waals surface area (Å²) in [7, 11) is 5.19. The lowest BCUT2D eigenvalue weighted by Crippen LogP contribution is -2.37. The summed E-state index contributed by atoms with van der Waals surface area (Å²) in [6.07, 6.45) is 8.22. The number of halogens is 1. The molecule has 0 aliphatic carbocycles. The topological polar surface area (TPSA) is 88.6 Å². The zero-order valence-electron chi connectivity index (χ0n) is 24.3. The number of methoxy groups -OCH3 is 1. The van der Waals surface area contributed by atoms with Gasteiger partial charge in [0.2, 0.25) is 5.91 Å². The van der Waals surface area contributed by atoms with Crippen LogP contribution in [-0.4, -0.2) is 62.7 Å². The van der Waals surface area contributed by atoms with Crippen molar-refractivity contribution >= 4 is 11.6 Å². The van der Waals surface area contributed by atoms with Gasteiger partial charge in [0.05, 0.1) is 25.5 Å². The third kappa shape index (κ3) is 5.56. The highest BCUT2D eigenvalue weighted by Gasteiger charge is 2.29. The Labute approximate surface area is 245 Å². The summed E-state index contributed by atoms with van der Waals surface area (Å²) in [5.41, 5.74) is 5.21. The van der Waals surface area contributed by atoms with E-state index in [0.29, 0.717) is 47.8 Å². The molecule has 10 heteroatoms. The van der Waals surface area contributed by atoms with E-state index in [-0.39, 0.29) is 11.7 Å². The lowest BCUT2D eigenvalue weighted by atomic mass is 9.88. The number of aromatic nitrogens is 4. The molecule has 4 aromatic rings. The Bertz CT molecular complexity index is 1570. The number of fused-ring (bicyclic) bond motifs is 1. The normalized spacial score (nSPS) is 17.0. The van der Waals surface area contributed by atoms with Crippen LogP contribution in [0.15, 0.2) is 55.0 Å². The Morgan fingerprint density at radius 3 is 2.52 bits per heavy atom. The number of aliphatic hydroxyl groups is 1. The van der Waals surface area contributed by atoms with Crippen molar-refractivity contribution in [1.82, 2.24) is 24.5 Å². The smallest absolute Gasteiger partial charge is 0.227 e. The second kappa shape index (κ2) is 11.7. The average molecular weight is 573 g/mol. The molecule has 42 heavy (non-hydrogen) atoms. The van der Waals surface area contributed by atoms with Crippen LogP contribution in [0.3, 0.4) is 0 Å². The van der Waals surface area contributed by atoms with Gasteiger partial charge in [-0.1, -0.05) is 12.1 Å². The number of nitrogens with zero attached hydrogens (tertiary/aromatic N) is 6. The van der Waals surface area contributed by atoms with Gasteiger partial charge in [-0.25, -0.2) is 4.39 Å². The zero-order chi connectivity index (χ0) is 29.4. The van der Waals surface area contributed by atoms with Gasteiger partial charge in [-0.15, -0.1) is 0 Å². The van der Waals surface area contributed by atoms with Gasteiger partial charge in [-0.2, -0.15) is 10.2 Å². The molecule has 0 radical (unpaired) electrons. The fourth-order valence-electron chi connectivity index (χ4n) is 6.21. The van der Waals surface area contributed by atoms with Crippen molar-refractivity contribution in [2.75, 3.05) is 32.1 Å². The highest BCUT2D eigenvalue weighted by atomic mass is 19.1. The number of carbonyl (C=O) groups excluding carboxylic acids is 1. The number of piperidine rings is 1. The van der Waals surface area contributed by atoms with E-state index in [1.807, 2.05) is 54.5 Å². The molecule has 1 unspecified atom stereocenters. The highest BCUT2D eigenvalue weighted by molar-refractivity contribution is 5.96. The van der Waals surface area contributed by atoms with Gasteiger partial charge in [0.25, 0.3) is 0 Å². The van der Waals surface area contributed by atoms with E-state index in [1.165, 1.54) is 0 Å². The zero-order valence-corrected chi connectivity index (χ0v) is 24.3. The van der Waals surface area contributed by atoms with Crippen molar-refractivity contribution in [3.63, 3.8) is 0 Å². The number of carbonyl (C=O) groups is 1. The maximum atomic E-state index is 16.1. The molecular formula is C32H37FN6O3. The number of ether oxygens (including phenoxy) is 1. The van der Waals surface area contributed by atoms with Crippen LogP contribution >= 0.6 is 0 Å². The van der Waals surface area contributed by atoms with E-state index in [1.54, 1.807) is 36.0 Å². The van der Waals surface area contributed by atoms with Crippen LogP contribution in [0.25, 0.3) is 11.3 Å². The Morgan fingerprint density at radius 2 is 1.83 bits per heavy atom. The van der Waals surface area contributed by atoms with Crippen LogP contribution in [0, 0.1) is 11.7 Å². The lowest BCUT2D eigenvalue weighted by molar-refractivity contribution is -0.118. The average Bonchev–Trinajstić information content (AvgIpc) is 3.61. The number of rotatable bonds is 8. The summed E-state index contributed by atoms with van der Waals surface area (Å²) in [5.74, 6) is 0.876. The maximum absolute atomic E-state index is 16.1. The molecule has 1 amide bonds. The minimum atomic E-state index is -0.669. The van der Waals surface area contributed by atoms with Gasteiger partial charge in [0.1, 0.15) is 17.8 Å². The molecule has 2 aliphatic rings. The van der Waals surface area contributed by atoms with Crippen molar-refractivity contribution in [3.8, 4) is 17.0 Å². The SMILES string of the molecule is COc1ccc(Cn2cc(CC3CCN(C(O)c4cnn(C)c4)CC3)c(-c3ccc4c(c3F)CCC(=O)N4C)n2)cc1. The van der Waals surface area contributed by atoms with E-state index < -0.39 is 6.23 Å². The predicted molar refractivity (Wildman–Crippen MR) is 158 cm³/mol. The molecule has 1 N–H and O–H groups in total. The molecule has 2 aromatic heterocycles. The van der Waals surface area contributed by atoms with E-state index in [9.17, 15) is 9.90 Å². The molecule has 6 rings (SSSR count). The van der Waals surface area contributed by atoms with Crippen molar-refractivity contribution in [1.29, 1.82) is 0 Å². The Morgan fingerprint density at radius 1 is 1.07 bits per heavy atom. The van der Waals surface area contributed by atoms with Gasteiger partial charge in [-0.05, 0) is 67.0 Å². The standard InChI is InChI=1S/C32H37FN6O3/c1-36-19-24(17-34-36)32(41)38-14-12-21(13-15-38)16-23-20-39(18-22-4-6-25(42-3)7-5-22)35-31(23)27-8-10-28-26(30(27)33)9-11-29(40)37(28)2/h4-8,10,17,19-21,32,41H,9,11-16,18H2,1-3H3. The molecule has 2 aromatic carbocycles. The van der Waals surface area contributed by atoms with Crippen molar-refractivity contribution in [2.45, 2.75) is 44.9 Å². The monoisotopic (exact) mass is 572 g/mol. The molecule has 0 bridgehead atoms. The fourth-order valence-corrected chi connectivity index (χ4v) is 6.21. The van der Waals surface area contributed by atoms with Gasteiger partial charge >= 0.3 is 0 Å². The first-order chi connectivity index (χ1) is 20.3. The van der Waals surface area contributed by atoms with Crippen LogP contribution in [0.1, 0.15) is 47.7 Å². The third-order valence-corrected chi connectivity index (χ3v) is 8.67. The van der Waals surface area contributed by atoms with E-state index in [2.05, 4.69) is 10.00 Å². The summed E-state index contributed by atoms with van der Waals surface area (Å²) < 4.78 is 25.0. The van der Waals surface area contributed by atoms with Gasteiger partial charge in [-0.3, -0.25) is 19.1 Å². The first-order valence-corrected chi connectivity index (χ1v) is 14.5. The summed E-state index contributed by atoms with van der Waals surface area (Å²) in [4.78, 5) is 15.8. The third-order valence-electron chi connectivity index (χ3n) is 8.67. The second-order valence-electron chi connectivity index (χ2n) is 11.4. The molecule has 1 saturated heterocycles. The summed E-state index contributed by atoms with van der Waals surface area (Å²) in [5, 5.41) is 20.0. The number of likely N-dealkylation sites (tertiary alicyclic amines) is 1. The summed E-state index contributed by atoms with van der Waals surface area (Å²) in [6, 6.07) is 11.5. The second-order valence-corrected chi connectivity index (χ2v) is 11.4. The predicted octanol–water partition coefficient (Wildman–Crippen LogP) is 4.33. The first kappa shape index (κ1) is 28.1. The molecule has 0 saturated carbocycles. The van der Waals surface area contributed by atoms with Crippen molar-refractivity contribution < 1.29 is 19.0 Å². The number of benzene rings is 2. The van der Waals surface area contributed by atoms with E-state index >= 15 is 4.39 Å². The van der Waals surface area contributed by atoms with Gasteiger partial charge < -0.3 is 14.7 Å². The molecule has 1 fully saturated rings. The molecule has 9 nitrogen and oxygen atoms in total. The molecule has 1 atom stereocenters.